The van der Waals surface area contributed by atoms with E-state index in [-0.39, 0.29) is 16.1 Å². The van der Waals surface area contributed by atoms with E-state index in [0.29, 0.717) is 30.3 Å². The molecule has 1 amide bonds. The third kappa shape index (κ3) is 6.10. The molecular weight excluding hydrogens is 510 g/mol. The van der Waals surface area contributed by atoms with Crippen molar-refractivity contribution in [2.75, 3.05) is 25.0 Å². The predicted molar refractivity (Wildman–Crippen MR) is 146 cm³/mol. The number of hydrogen-bond donors (Lipinski definition) is 1. The molecule has 1 N–H and O–H groups in total. The minimum Gasteiger partial charge on any atom is -0.497 e. The maximum Gasteiger partial charge on any atom is 0.279 e. The molecule has 0 fully saturated rings. The van der Waals surface area contributed by atoms with Gasteiger partial charge in [-0.05, 0) is 80.4 Å². The van der Waals surface area contributed by atoms with E-state index in [4.69, 9.17) is 9.47 Å². The quantitative estimate of drug-likeness (QED) is 0.305. The molecule has 37 heavy (non-hydrogen) atoms. The number of ether oxygens (including phenoxy) is 2. The second kappa shape index (κ2) is 11.3. The minimum atomic E-state index is -3.85. The SMILES string of the molecule is CCOCCn1c(=NC(=O)c2cccc(NS(=O)(=O)c3ccc(OC)cc3)c2)sc2c(C)cc(C)cc21. The molecule has 0 radical (unpaired) electrons. The summed E-state index contributed by atoms with van der Waals surface area (Å²) in [6.07, 6.45) is 0. The van der Waals surface area contributed by atoms with E-state index in [2.05, 4.69) is 21.8 Å². The molecule has 0 atom stereocenters. The smallest absolute Gasteiger partial charge is 0.279 e. The topological polar surface area (TPSA) is 99.0 Å². The molecule has 194 valence electrons. The van der Waals surface area contributed by atoms with Gasteiger partial charge in [-0.15, -0.1) is 0 Å². The van der Waals surface area contributed by atoms with Gasteiger partial charge in [-0.1, -0.05) is 23.5 Å². The van der Waals surface area contributed by atoms with E-state index in [1.807, 2.05) is 25.3 Å². The number of anilines is 1. The number of carbonyl (C=O) groups excluding carboxylic acids is 1. The minimum absolute atomic E-state index is 0.0843. The Balaban J connectivity index is 1.66. The van der Waals surface area contributed by atoms with Crippen LogP contribution in [-0.4, -0.2) is 39.2 Å². The average Bonchev–Trinajstić information content (AvgIpc) is 3.21. The van der Waals surface area contributed by atoms with Crippen molar-refractivity contribution >= 4 is 43.2 Å². The largest absolute Gasteiger partial charge is 0.497 e. The molecule has 8 nitrogen and oxygen atoms in total. The number of sulfonamides is 1. The highest BCUT2D eigenvalue weighted by Gasteiger charge is 2.16. The molecule has 0 bridgehead atoms. The highest BCUT2D eigenvalue weighted by atomic mass is 32.2. The molecule has 0 aliphatic carbocycles. The van der Waals surface area contributed by atoms with Gasteiger partial charge in [0.25, 0.3) is 15.9 Å². The highest BCUT2D eigenvalue weighted by Crippen LogP contribution is 2.24. The third-order valence-corrected chi connectivity index (χ3v) is 8.33. The van der Waals surface area contributed by atoms with Crippen molar-refractivity contribution in [3.05, 3.63) is 82.2 Å². The second-order valence-electron chi connectivity index (χ2n) is 8.44. The molecule has 0 aliphatic heterocycles. The summed E-state index contributed by atoms with van der Waals surface area (Å²) < 4.78 is 41.9. The van der Waals surface area contributed by atoms with Gasteiger partial charge in [0.1, 0.15) is 5.75 Å². The monoisotopic (exact) mass is 539 g/mol. The number of benzene rings is 3. The van der Waals surface area contributed by atoms with Crippen LogP contribution in [-0.2, 0) is 21.3 Å². The predicted octanol–water partition coefficient (Wildman–Crippen LogP) is 4.91. The average molecular weight is 540 g/mol. The molecule has 3 aromatic carbocycles. The summed E-state index contributed by atoms with van der Waals surface area (Å²) in [5.41, 5.74) is 3.80. The van der Waals surface area contributed by atoms with E-state index < -0.39 is 15.9 Å². The Morgan fingerprint density at radius 2 is 1.84 bits per heavy atom. The first-order valence-corrected chi connectivity index (χ1v) is 14.1. The van der Waals surface area contributed by atoms with Gasteiger partial charge in [0.2, 0.25) is 0 Å². The maximum absolute atomic E-state index is 13.2. The van der Waals surface area contributed by atoms with Crippen LogP contribution in [0.5, 0.6) is 5.75 Å². The van der Waals surface area contributed by atoms with E-state index >= 15 is 0 Å². The molecule has 0 saturated heterocycles. The Morgan fingerprint density at radius 1 is 1.08 bits per heavy atom. The summed E-state index contributed by atoms with van der Waals surface area (Å²) in [5.74, 6) is 0.0924. The van der Waals surface area contributed by atoms with E-state index in [1.54, 1.807) is 30.3 Å². The Morgan fingerprint density at radius 3 is 2.54 bits per heavy atom. The molecule has 0 aliphatic rings. The van der Waals surface area contributed by atoms with E-state index in [1.165, 1.54) is 36.6 Å². The van der Waals surface area contributed by atoms with Crippen molar-refractivity contribution in [1.82, 2.24) is 4.57 Å². The zero-order valence-electron chi connectivity index (χ0n) is 21.1. The number of thiazole rings is 1. The number of hydrogen-bond acceptors (Lipinski definition) is 6. The van der Waals surface area contributed by atoms with Crippen molar-refractivity contribution in [3.8, 4) is 5.75 Å². The molecule has 4 aromatic rings. The molecule has 10 heteroatoms. The molecule has 0 spiro atoms. The Kier molecular flexibility index (Phi) is 8.11. The summed E-state index contributed by atoms with van der Waals surface area (Å²) >= 11 is 1.45. The fraction of sp³-hybridized carbons (Fsp3) is 0.259. The zero-order chi connectivity index (χ0) is 26.6. The van der Waals surface area contributed by atoms with Crippen LogP contribution in [0.3, 0.4) is 0 Å². The molecular formula is C27H29N3O5S2. The number of methoxy groups -OCH3 is 1. The van der Waals surface area contributed by atoms with Crippen LogP contribution in [0, 0.1) is 13.8 Å². The lowest BCUT2D eigenvalue weighted by molar-refractivity contribution is 0.0996. The first-order valence-electron chi connectivity index (χ1n) is 11.8. The van der Waals surface area contributed by atoms with Crippen LogP contribution in [0.15, 0.2) is 70.6 Å². The lowest BCUT2D eigenvalue weighted by Gasteiger charge is -2.09. The third-order valence-electron chi connectivity index (χ3n) is 5.71. The van der Waals surface area contributed by atoms with Gasteiger partial charge >= 0.3 is 0 Å². The summed E-state index contributed by atoms with van der Waals surface area (Å²) in [5, 5.41) is 0. The summed E-state index contributed by atoms with van der Waals surface area (Å²) in [6.45, 7) is 7.69. The van der Waals surface area contributed by atoms with Crippen LogP contribution in [0.4, 0.5) is 5.69 Å². The van der Waals surface area contributed by atoms with Crippen LogP contribution in [0.1, 0.15) is 28.4 Å². The fourth-order valence-electron chi connectivity index (χ4n) is 3.95. The first kappa shape index (κ1) is 26.6. The highest BCUT2D eigenvalue weighted by molar-refractivity contribution is 7.92. The van der Waals surface area contributed by atoms with E-state index in [9.17, 15) is 13.2 Å². The Bertz CT molecular complexity index is 1600. The van der Waals surface area contributed by atoms with Crippen molar-refractivity contribution in [3.63, 3.8) is 0 Å². The van der Waals surface area contributed by atoms with Gasteiger partial charge in [-0.3, -0.25) is 9.52 Å². The Hall–Kier alpha value is -3.47. The second-order valence-corrected chi connectivity index (χ2v) is 11.1. The van der Waals surface area contributed by atoms with Crippen molar-refractivity contribution < 1.29 is 22.7 Å². The number of nitrogens with one attached hydrogen (secondary N) is 1. The van der Waals surface area contributed by atoms with Crippen LogP contribution in [0.25, 0.3) is 10.2 Å². The number of fused-ring (bicyclic) bond motifs is 1. The normalized spacial score (nSPS) is 12.2. The van der Waals surface area contributed by atoms with Crippen LogP contribution < -0.4 is 14.3 Å². The van der Waals surface area contributed by atoms with Crippen molar-refractivity contribution in [2.45, 2.75) is 32.2 Å². The van der Waals surface area contributed by atoms with Crippen LogP contribution in [0.2, 0.25) is 0 Å². The Labute approximate surface area is 220 Å². The van der Waals surface area contributed by atoms with Gasteiger partial charge in [-0.25, -0.2) is 8.42 Å². The number of rotatable bonds is 9. The zero-order valence-corrected chi connectivity index (χ0v) is 22.8. The first-order chi connectivity index (χ1) is 17.7. The number of aryl methyl sites for hydroxylation is 2. The van der Waals surface area contributed by atoms with Crippen molar-refractivity contribution in [2.24, 2.45) is 4.99 Å². The lowest BCUT2D eigenvalue weighted by Crippen LogP contribution is -2.20. The number of amides is 1. The van der Waals surface area contributed by atoms with E-state index in [0.717, 1.165) is 21.3 Å². The molecule has 4 rings (SSSR count). The molecule has 0 saturated carbocycles. The van der Waals surface area contributed by atoms with Gasteiger partial charge in [-0.2, -0.15) is 4.99 Å². The number of aromatic nitrogens is 1. The van der Waals surface area contributed by atoms with Crippen molar-refractivity contribution in [1.29, 1.82) is 0 Å². The van der Waals surface area contributed by atoms with Gasteiger partial charge in [0.15, 0.2) is 4.80 Å². The summed E-state index contributed by atoms with van der Waals surface area (Å²) in [4.78, 5) is 18.3. The fourth-order valence-corrected chi connectivity index (χ4v) is 6.10. The summed E-state index contributed by atoms with van der Waals surface area (Å²) in [7, 11) is -2.34. The lowest BCUT2D eigenvalue weighted by atomic mass is 10.1. The van der Waals surface area contributed by atoms with Gasteiger partial charge in [0.05, 0.1) is 28.8 Å². The number of carbonyl (C=O) groups is 1. The van der Waals surface area contributed by atoms with Gasteiger partial charge in [0, 0.05) is 24.4 Å². The molecule has 0 unspecified atom stereocenters. The molecule has 1 aromatic heterocycles. The number of nitrogens with zero attached hydrogens (tertiary/aromatic N) is 2. The van der Waals surface area contributed by atoms with Gasteiger partial charge < -0.3 is 14.0 Å². The van der Waals surface area contributed by atoms with Crippen LogP contribution >= 0.6 is 11.3 Å². The summed E-state index contributed by atoms with van der Waals surface area (Å²) in [6, 6.07) is 16.6. The maximum atomic E-state index is 13.2. The standard InChI is InChI=1S/C27H29N3O5S2/c1-5-35-14-13-30-24-16-18(2)15-19(3)25(24)36-27(30)28-26(31)20-7-6-8-21(17-20)29-37(32,33)23-11-9-22(34-4)10-12-23/h6-12,15-17,29H,5,13-14H2,1-4H3. The molecule has 1 heterocycles.